The molecule has 138 heavy (non-hydrogen) atoms. The van der Waals surface area contributed by atoms with Crippen LogP contribution in [-0.2, 0) is 120 Å². The van der Waals surface area contributed by atoms with Crippen molar-refractivity contribution in [3.05, 3.63) is 83.9 Å². The molecule has 762 valence electrons. The minimum Gasteiger partial charge on any atom is -0.508 e. The van der Waals surface area contributed by atoms with Crippen molar-refractivity contribution in [3.63, 3.8) is 0 Å². The van der Waals surface area contributed by atoms with Gasteiger partial charge in [-0.3, -0.25) is 101 Å². The monoisotopic (exact) mass is 1980 g/mol. The molecular weight excluding hydrogens is 1850 g/mol. The number of nitrogens with zero attached hydrogens (tertiary/aromatic N) is 3. The number of thiol groups is 2. The number of hydrogen-bond acceptors (Lipinski definition) is 30. The Bertz CT molecular complexity index is 4690. The topological polar surface area (TPSA) is 777 Å². The smallest absolute Gasteiger partial charge is 0.322 e. The number of aromatic hydroxyl groups is 1. The number of H-pyrrole nitrogens is 1. The van der Waals surface area contributed by atoms with Crippen LogP contribution in [0.1, 0.15) is 129 Å². The van der Waals surface area contributed by atoms with Crippen LogP contribution < -0.4 is 108 Å². The summed E-state index contributed by atoms with van der Waals surface area (Å²) in [5, 5.41) is 92.2. The van der Waals surface area contributed by atoms with Crippen molar-refractivity contribution in [2.24, 2.45) is 29.0 Å². The average molecular weight is 1980 g/mol. The number of phenolic OH excluding ortho intramolecular Hbond substituents is 1. The average Bonchev–Trinajstić information content (AvgIpc) is 1.66. The SMILES string of the molecule is CC(C)C[C@H](NC(=O)[C@@H]1CCCN1C(=O)CNC(=O)[C@H](Cc1ccccc1)NC(=O)[C@H](Cc1cnc[nH]1)NC(=O)[C@H](CS)NC(=O)[C@H](CO)NC(=O)[C@H](Cc1ccc(O)cc1)NC(=O)[C@@H](NC(=O)CNC(=O)CN)[C@@H](C)O)C(=O)N[C@H](C(=O)N[C@@H](C)C(=O)N[C@H](C(=O)N[C@@H](CS)C(=O)N[C@@H](CCCCN)C(=O)N1CCC[C@H]1C(=O)N[C@@H](CCC(N)=O)C(=O)NCC(=O)NCC(=O)O)C(C)C)[C@@H](C)O. The normalized spacial score (nSPS) is 16.6. The number of carbonyl (C=O) groups excluding carboxylic acids is 20. The van der Waals surface area contributed by atoms with Gasteiger partial charge in [-0.1, -0.05) is 70.2 Å². The fourth-order valence-electron chi connectivity index (χ4n) is 14.5. The van der Waals surface area contributed by atoms with Gasteiger partial charge in [0.2, 0.25) is 118 Å². The first kappa shape index (κ1) is 115. The quantitative estimate of drug-likeness (QED) is 0.0184. The predicted molar refractivity (Wildman–Crippen MR) is 497 cm³/mol. The molecule has 29 N–H and O–H groups in total. The molecular formula is C86H130N24O26S2. The maximum Gasteiger partial charge on any atom is 0.322 e. The summed E-state index contributed by atoms with van der Waals surface area (Å²) in [6, 6.07) is -9.22. The number of carboxylic acid groups (broad SMARTS) is 1. The van der Waals surface area contributed by atoms with Crippen molar-refractivity contribution in [3.8, 4) is 5.75 Å². The molecule has 0 spiro atoms. The Balaban J connectivity index is 1.23. The fraction of sp³-hybridized carbons (Fsp3) is 0.581. The number of hydrogen-bond donors (Lipinski definition) is 28. The second-order valence-corrected chi connectivity index (χ2v) is 34.6. The van der Waals surface area contributed by atoms with Crippen molar-refractivity contribution in [2.75, 3.05) is 70.5 Å². The van der Waals surface area contributed by atoms with Gasteiger partial charge in [-0.05, 0) is 120 Å². The summed E-state index contributed by atoms with van der Waals surface area (Å²) < 4.78 is 0. The summed E-state index contributed by atoms with van der Waals surface area (Å²) in [5.41, 5.74) is 17.5. The van der Waals surface area contributed by atoms with Crippen LogP contribution in [0.25, 0.3) is 0 Å². The van der Waals surface area contributed by atoms with E-state index in [4.69, 9.17) is 22.3 Å². The van der Waals surface area contributed by atoms with Crippen molar-refractivity contribution in [1.29, 1.82) is 0 Å². The largest absolute Gasteiger partial charge is 0.508 e. The van der Waals surface area contributed by atoms with E-state index in [0.717, 1.165) is 13.8 Å². The molecule has 2 aliphatic rings. The third kappa shape index (κ3) is 38.4. The summed E-state index contributed by atoms with van der Waals surface area (Å²) in [7, 11) is 0. The Labute approximate surface area is 805 Å². The van der Waals surface area contributed by atoms with Gasteiger partial charge in [0.1, 0.15) is 103 Å². The van der Waals surface area contributed by atoms with Gasteiger partial charge >= 0.3 is 5.97 Å². The number of aliphatic hydroxyl groups excluding tert-OH is 3. The zero-order chi connectivity index (χ0) is 103. The number of aromatic amines is 1. The van der Waals surface area contributed by atoms with Crippen molar-refractivity contribution >= 4 is 149 Å². The molecule has 3 aromatic rings. The maximum atomic E-state index is 14.7. The number of aromatic nitrogens is 2. The van der Waals surface area contributed by atoms with Gasteiger partial charge in [-0.15, -0.1) is 0 Å². The van der Waals surface area contributed by atoms with E-state index < -0.39 is 284 Å². The fourth-order valence-corrected chi connectivity index (χ4v) is 15.0. The number of aliphatic hydroxyl groups is 3. The molecule has 2 fully saturated rings. The van der Waals surface area contributed by atoms with E-state index in [-0.39, 0.29) is 101 Å². The summed E-state index contributed by atoms with van der Waals surface area (Å²) in [4.78, 5) is 295. The first-order valence-corrected chi connectivity index (χ1v) is 46.1. The molecule has 2 aromatic carbocycles. The number of rotatable bonds is 58. The number of carboxylic acids is 1. The Morgan fingerprint density at radius 3 is 1.47 bits per heavy atom. The molecule has 5 rings (SSSR count). The number of nitrogens with one attached hydrogen (secondary N) is 18. The van der Waals surface area contributed by atoms with Crippen LogP contribution in [0.2, 0.25) is 0 Å². The standard InChI is InChI=1S/C86H130N24O26S2/c1-43(2)29-54(77(127)108-71(47(7)113)84(134)96-45(5)72(122)107-69(44(3)4)83(133)105-60(41-138)79(129)98-53(17-11-12-26-87)86(136)110-28-14-19-62(110)82(132)97-52(24-25-63(89)115)73(123)93-35-65(117)92-38-68(120)121)101-81(131)61-18-13-27-109(61)67(119)37-94-74(124)55(30-48-15-9-8-10-16-48)99-76(126)57(32-50-34-90-42-95-50)100-80(130)59(40-137)104-78(128)58(39-111)103-75(125)56(31-49-20-22-51(114)23-21-49)102-85(135)70(46(6)112)106-66(118)36-91-64(116)33-88/h8-10,15-16,20-23,34,42-47,52-62,69-71,111-114,137-138H,11-14,17-19,24-33,35-41,87-88H2,1-7H3,(H2,89,115)(H,90,95)(H,91,116)(H,92,117)(H,93,123)(H,94,124)(H,96,134)(H,97,132)(H,98,129)(H,99,126)(H,100,130)(H,101,131)(H,102,135)(H,103,125)(H,104,128)(H,105,133)(H,106,118)(H,107,122)(H,108,127)(H,120,121)/t45-,46+,47+,52-,53-,54-,55-,56-,57-,58-,59-,60-,61-,62-,69-,70-,71-/m0/s1. The second kappa shape index (κ2) is 58.4. The van der Waals surface area contributed by atoms with Gasteiger partial charge in [-0.25, -0.2) is 4.98 Å². The Hall–Kier alpha value is -13.2. The van der Waals surface area contributed by atoms with Crippen LogP contribution >= 0.6 is 25.3 Å². The molecule has 2 aliphatic heterocycles. The van der Waals surface area contributed by atoms with Gasteiger partial charge in [0.15, 0.2) is 0 Å². The molecule has 1 aromatic heterocycles. The summed E-state index contributed by atoms with van der Waals surface area (Å²) in [6.07, 6.45) is -0.929. The molecule has 50 nitrogen and oxygen atoms in total. The lowest BCUT2D eigenvalue weighted by molar-refractivity contribution is -0.142. The molecule has 0 saturated carbocycles. The molecule has 0 radical (unpaired) electrons. The number of amides is 20. The maximum absolute atomic E-state index is 14.7. The predicted octanol–water partition coefficient (Wildman–Crippen LogP) is -10.3. The van der Waals surface area contributed by atoms with Crippen LogP contribution in [0, 0.1) is 11.8 Å². The van der Waals surface area contributed by atoms with Crippen molar-refractivity contribution in [2.45, 2.75) is 235 Å². The second-order valence-electron chi connectivity index (χ2n) is 33.9. The number of likely N-dealkylation sites (tertiary alicyclic amines) is 2. The van der Waals surface area contributed by atoms with Gasteiger partial charge in [0.25, 0.3) is 0 Å². The molecule has 2 saturated heterocycles. The van der Waals surface area contributed by atoms with Crippen LogP contribution in [0.4, 0.5) is 0 Å². The van der Waals surface area contributed by atoms with Gasteiger partial charge in [0.05, 0.1) is 51.3 Å². The van der Waals surface area contributed by atoms with E-state index in [1.165, 1.54) is 53.5 Å². The number of imidazole rings is 1. The van der Waals surface area contributed by atoms with Crippen LogP contribution in [0.15, 0.2) is 67.1 Å². The number of nitrogens with two attached hydrogens (primary N) is 3. The summed E-state index contributed by atoms with van der Waals surface area (Å²) in [5.74, 6) is -22.1. The number of phenols is 1. The Morgan fingerprint density at radius 2 is 0.928 bits per heavy atom. The molecule has 3 heterocycles. The lowest BCUT2D eigenvalue weighted by Gasteiger charge is -2.31. The summed E-state index contributed by atoms with van der Waals surface area (Å²) >= 11 is 8.56. The molecule has 20 amide bonds. The highest BCUT2D eigenvalue weighted by atomic mass is 32.1. The number of aliphatic carboxylic acids is 1. The van der Waals surface area contributed by atoms with Gasteiger partial charge in [-0.2, -0.15) is 25.3 Å². The number of primary amides is 1. The zero-order valence-electron chi connectivity index (χ0n) is 77.6. The van der Waals surface area contributed by atoms with E-state index >= 15 is 0 Å². The van der Waals surface area contributed by atoms with Crippen LogP contribution in [-0.4, -0.2) is 343 Å². The van der Waals surface area contributed by atoms with E-state index in [2.05, 4.69) is 126 Å². The lowest BCUT2D eigenvalue weighted by atomic mass is 10.0. The Kier molecular flexibility index (Phi) is 48.8. The highest BCUT2D eigenvalue weighted by Gasteiger charge is 2.44. The van der Waals surface area contributed by atoms with Crippen LogP contribution in [0.5, 0.6) is 5.75 Å². The molecule has 0 bridgehead atoms. The minimum atomic E-state index is -1.87. The van der Waals surface area contributed by atoms with E-state index in [0.29, 0.717) is 30.4 Å². The first-order chi connectivity index (χ1) is 65.3. The van der Waals surface area contributed by atoms with Gasteiger partial charge < -0.3 is 148 Å². The molecule has 0 unspecified atom stereocenters. The highest BCUT2D eigenvalue weighted by Crippen LogP contribution is 2.23. The highest BCUT2D eigenvalue weighted by molar-refractivity contribution is 7.80. The molecule has 52 heteroatoms. The van der Waals surface area contributed by atoms with Gasteiger partial charge in [0, 0.05) is 62.2 Å². The number of benzene rings is 2. The Morgan fingerprint density at radius 1 is 0.464 bits per heavy atom. The summed E-state index contributed by atoms with van der Waals surface area (Å²) in [6.45, 7) is 5.86. The first-order valence-electron chi connectivity index (χ1n) is 44.8. The van der Waals surface area contributed by atoms with Crippen molar-refractivity contribution in [1.82, 2.24) is 110 Å². The van der Waals surface area contributed by atoms with E-state index in [1.54, 1.807) is 58.0 Å². The molecule has 17 atom stereocenters. The van der Waals surface area contributed by atoms with Crippen molar-refractivity contribution < 1.29 is 126 Å². The minimum absolute atomic E-state index is 0.00905. The lowest BCUT2D eigenvalue weighted by Crippen LogP contribution is -2.62. The number of carbonyl (C=O) groups is 21. The number of unbranched alkanes of at least 4 members (excludes halogenated alkanes) is 1. The van der Waals surface area contributed by atoms with Crippen LogP contribution in [0.3, 0.4) is 0 Å². The zero-order valence-corrected chi connectivity index (χ0v) is 79.4. The van der Waals surface area contributed by atoms with E-state index in [1.807, 2.05) is 0 Å². The third-order valence-electron chi connectivity index (χ3n) is 22.0. The third-order valence-corrected chi connectivity index (χ3v) is 22.7. The van der Waals surface area contributed by atoms with E-state index in [9.17, 15) is 121 Å². The molecule has 0 aliphatic carbocycles.